The standard InChI is InChI=1S/C12H16F2O2S/c1-8-9(12(2,3)4)6-5-7-10(8)17(15,16)11(13)14/h5-7,11H,1-4H3. The molecule has 1 rings (SSSR count). The average molecular weight is 262 g/mol. The molecule has 0 aliphatic carbocycles. The number of alkyl halides is 2. The zero-order valence-corrected chi connectivity index (χ0v) is 11.1. The maximum absolute atomic E-state index is 12.5. The van der Waals surface area contributed by atoms with Crippen LogP contribution in [0.25, 0.3) is 0 Å². The van der Waals surface area contributed by atoms with Crippen LogP contribution in [0.5, 0.6) is 0 Å². The molecule has 0 spiro atoms. The molecule has 0 N–H and O–H groups in total. The van der Waals surface area contributed by atoms with Crippen molar-refractivity contribution in [1.82, 2.24) is 0 Å². The second-order valence-corrected chi connectivity index (χ2v) is 6.87. The molecular formula is C12H16F2O2S. The first-order chi connectivity index (χ1) is 7.58. The molecule has 0 unspecified atom stereocenters. The Morgan fingerprint density at radius 1 is 1.18 bits per heavy atom. The maximum Gasteiger partial charge on any atom is 0.341 e. The predicted molar refractivity (Wildman–Crippen MR) is 63.1 cm³/mol. The fourth-order valence-electron chi connectivity index (χ4n) is 1.83. The number of hydrogen-bond acceptors (Lipinski definition) is 2. The minimum Gasteiger partial charge on any atom is -0.218 e. The van der Waals surface area contributed by atoms with Gasteiger partial charge in [-0.25, -0.2) is 8.42 Å². The van der Waals surface area contributed by atoms with E-state index in [1.807, 2.05) is 20.8 Å². The van der Waals surface area contributed by atoms with Crippen molar-refractivity contribution < 1.29 is 17.2 Å². The van der Waals surface area contributed by atoms with E-state index in [4.69, 9.17) is 0 Å². The molecule has 0 atom stereocenters. The van der Waals surface area contributed by atoms with Gasteiger partial charge in [-0.3, -0.25) is 0 Å². The number of benzene rings is 1. The van der Waals surface area contributed by atoms with Gasteiger partial charge < -0.3 is 0 Å². The van der Waals surface area contributed by atoms with Gasteiger partial charge >= 0.3 is 5.76 Å². The van der Waals surface area contributed by atoms with Crippen LogP contribution in [0, 0.1) is 6.92 Å². The molecule has 5 heteroatoms. The monoisotopic (exact) mass is 262 g/mol. The highest BCUT2D eigenvalue weighted by atomic mass is 32.2. The molecule has 0 saturated carbocycles. The molecule has 96 valence electrons. The third-order valence-corrected chi connectivity index (χ3v) is 4.16. The number of rotatable bonds is 2. The fraction of sp³-hybridized carbons (Fsp3) is 0.500. The van der Waals surface area contributed by atoms with Gasteiger partial charge in [0.1, 0.15) is 0 Å². The summed E-state index contributed by atoms with van der Waals surface area (Å²) < 4.78 is 48.0. The van der Waals surface area contributed by atoms with E-state index in [2.05, 4.69) is 0 Å². The first kappa shape index (κ1) is 14.1. The van der Waals surface area contributed by atoms with Gasteiger partial charge in [-0.1, -0.05) is 32.9 Å². The Morgan fingerprint density at radius 3 is 2.12 bits per heavy atom. The van der Waals surface area contributed by atoms with Crippen LogP contribution in [0.3, 0.4) is 0 Å². The normalized spacial score (nSPS) is 13.1. The summed E-state index contributed by atoms with van der Waals surface area (Å²) in [6, 6.07) is 4.49. The summed E-state index contributed by atoms with van der Waals surface area (Å²) >= 11 is 0. The van der Waals surface area contributed by atoms with E-state index in [0.29, 0.717) is 5.56 Å². The Morgan fingerprint density at radius 2 is 1.71 bits per heavy atom. The van der Waals surface area contributed by atoms with Gasteiger partial charge in [-0.05, 0) is 29.5 Å². The van der Waals surface area contributed by atoms with Gasteiger partial charge in [0.25, 0.3) is 0 Å². The predicted octanol–water partition coefficient (Wildman–Crippen LogP) is 3.29. The largest absolute Gasteiger partial charge is 0.341 e. The Kier molecular flexibility index (Phi) is 3.62. The molecule has 0 aliphatic heterocycles. The molecule has 1 aromatic rings. The van der Waals surface area contributed by atoms with Gasteiger partial charge in [-0.2, -0.15) is 8.78 Å². The lowest BCUT2D eigenvalue weighted by Crippen LogP contribution is -2.18. The quantitative estimate of drug-likeness (QED) is 0.819. The first-order valence-corrected chi connectivity index (χ1v) is 6.75. The van der Waals surface area contributed by atoms with Gasteiger partial charge in [0.05, 0.1) is 4.90 Å². The zero-order chi connectivity index (χ0) is 13.4. The molecule has 1 aromatic carbocycles. The van der Waals surface area contributed by atoms with Crippen molar-refractivity contribution >= 4 is 9.84 Å². The number of halogens is 2. The number of sulfone groups is 1. The Bertz CT molecular complexity index is 514. The van der Waals surface area contributed by atoms with E-state index in [-0.39, 0.29) is 10.3 Å². The number of hydrogen-bond donors (Lipinski definition) is 0. The average Bonchev–Trinajstić information content (AvgIpc) is 2.15. The van der Waals surface area contributed by atoms with Crippen LogP contribution in [0.2, 0.25) is 0 Å². The summed E-state index contributed by atoms with van der Waals surface area (Å²) in [7, 11) is -4.52. The van der Waals surface area contributed by atoms with Crippen LogP contribution in [-0.2, 0) is 15.3 Å². The highest BCUT2D eigenvalue weighted by Crippen LogP contribution is 2.31. The smallest absolute Gasteiger partial charge is 0.218 e. The second-order valence-electron chi connectivity index (χ2n) is 4.98. The lowest BCUT2D eigenvalue weighted by atomic mass is 9.84. The van der Waals surface area contributed by atoms with Gasteiger partial charge in [0.2, 0.25) is 9.84 Å². The topological polar surface area (TPSA) is 34.1 Å². The van der Waals surface area contributed by atoms with Crippen molar-refractivity contribution in [2.45, 2.75) is 43.8 Å². The van der Waals surface area contributed by atoms with E-state index in [9.17, 15) is 17.2 Å². The SMILES string of the molecule is Cc1c(C(C)(C)C)cccc1S(=O)(=O)C(F)F. The van der Waals surface area contributed by atoms with E-state index < -0.39 is 15.6 Å². The molecule has 2 nitrogen and oxygen atoms in total. The van der Waals surface area contributed by atoms with Crippen LogP contribution in [0.4, 0.5) is 8.78 Å². The summed E-state index contributed by atoms with van der Waals surface area (Å²) in [5.74, 6) is -3.38. The molecule has 0 amide bonds. The van der Waals surface area contributed by atoms with Crippen LogP contribution in [0.1, 0.15) is 31.9 Å². The van der Waals surface area contributed by atoms with Gasteiger partial charge in [0, 0.05) is 0 Å². The molecular weight excluding hydrogens is 246 g/mol. The van der Waals surface area contributed by atoms with Crippen molar-refractivity contribution in [2.24, 2.45) is 0 Å². The van der Waals surface area contributed by atoms with Crippen molar-refractivity contribution in [1.29, 1.82) is 0 Å². The molecule has 0 aliphatic rings. The molecule has 0 fully saturated rings. The third kappa shape index (κ3) is 2.65. The summed E-state index contributed by atoms with van der Waals surface area (Å²) in [5.41, 5.74) is 0.886. The Labute approximate surface area is 101 Å². The van der Waals surface area contributed by atoms with Crippen LogP contribution in [0.15, 0.2) is 23.1 Å². The molecule has 17 heavy (non-hydrogen) atoms. The Hall–Kier alpha value is -0.970. The molecule has 0 aromatic heterocycles. The van der Waals surface area contributed by atoms with Crippen LogP contribution >= 0.6 is 0 Å². The van der Waals surface area contributed by atoms with E-state index in [1.165, 1.54) is 12.1 Å². The molecule has 0 bridgehead atoms. The Balaban J connectivity index is 3.51. The lowest BCUT2D eigenvalue weighted by Gasteiger charge is -2.23. The van der Waals surface area contributed by atoms with Crippen LogP contribution < -0.4 is 0 Å². The van der Waals surface area contributed by atoms with Gasteiger partial charge in [0.15, 0.2) is 0 Å². The summed E-state index contributed by atoms with van der Waals surface area (Å²) in [6.07, 6.45) is 0. The summed E-state index contributed by atoms with van der Waals surface area (Å²) in [5, 5.41) is 0. The fourth-order valence-corrected chi connectivity index (χ4v) is 2.83. The first-order valence-electron chi connectivity index (χ1n) is 5.20. The van der Waals surface area contributed by atoms with Crippen molar-refractivity contribution in [2.75, 3.05) is 0 Å². The highest BCUT2D eigenvalue weighted by Gasteiger charge is 2.30. The van der Waals surface area contributed by atoms with Crippen molar-refractivity contribution in [3.8, 4) is 0 Å². The minimum absolute atomic E-state index is 0.278. The zero-order valence-electron chi connectivity index (χ0n) is 10.3. The van der Waals surface area contributed by atoms with Gasteiger partial charge in [-0.15, -0.1) is 0 Å². The highest BCUT2D eigenvalue weighted by molar-refractivity contribution is 7.91. The van der Waals surface area contributed by atoms with Crippen molar-refractivity contribution in [3.05, 3.63) is 29.3 Å². The summed E-state index contributed by atoms with van der Waals surface area (Å²) in [6.45, 7) is 7.30. The van der Waals surface area contributed by atoms with Crippen LogP contribution in [-0.4, -0.2) is 14.2 Å². The summed E-state index contributed by atoms with van der Waals surface area (Å²) in [4.78, 5) is -0.278. The third-order valence-electron chi connectivity index (χ3n) is 2.63. The maximum atomic E-state index is 12.5. The van der Waals surface area contributed by atoms with E-state index >= 15 is 0 Å². The molecule has 0 heterocycles. The molecule has 0 radical (unpaired) electrons. The molecule has 0 saturated heterocycles. The minimum atomic E-state index is -4.52. The van der Waals surface area contributed by atoms with E-state index in [1.54, 1.807) is 13.0 Å². The van der Waals surface area contributed by atoms with Crippen molar-refractivity contribution in [3.63, 3.8) is 0 Å². The lowest BCUT2D eigenvalue weighted by molar-refractivity contribution is 0.234. The second kappa shape index (κ2) is 4.37. The van der Waals surface area contributed by atoms with E-state index in [0.717, 1.165) is 5.56 Å².